The second-order valence-corrected chi connectivity index (χ2v) is 8.63. The molecule has 1 aromatic rings. The van der Waals surface area contributed by atoms with Crippen LogP contribution in [-0.2, 0) is 15.7 Å². The van der Waals surface area contributed by atoms with E-state index in [4.69, 9.17) is 9.31 Å². The second kappa shape index (κ2) is 7.86. The van der Waals surface area contributed by atoms with E-state index in [-0.39, 0.29) is 6.42 Å². The van der Waals surface area contributed by atoms with Gasteiger partial charge in [0.15, 0.2) is 0 Å². The Morgan fingerprint density at radius 3 is 1.65 bits per heavy atom. The Morgan fingerprint density at radius 2 is 1.23 bits per heavy atom. The fourth-order valence-electron chi connectivity index (χ4n) is 3.13. The number of hydrogen-bond acceptors (Lipinski definition) is 2. The Hall–Kier alpha value is -1.43. The van der Waals surface area contributed by atoms with Gasteiger partial charge in [-0.3, -0.25) is 0 Å². The second-order valence-electron chi connectivity index (χ2n) is 8.63. The average Bonchev–Trinajstić information content (AvgIpc) is 2.81. The van der Waals surface area contributed by atoms with Crippen LogP contribution in [-0.4, -0.2) is 42.3 Å². The summed E-state index contributed by atoms with van der Waals surface area (Å²) in [5.41, 5.74) is -1.77. The zero-order chi connectivity index (χ0) is 24.1. The minimum absolute atomic E-state index is 0.365. The van der Waals surface area contributed by atoms with E-state index in [1.165, 1.54) is 24.3 Å². The summed E-state index contributed by atoms with van der Waals surface area (Å²) in [4.78, 5) is 0. The largest absolute Gasteiger partial charge is 0.461 e. The highest BCUT2D eigenvalue weighted by Gasteiger charge is 2.81. The molecule has 176 valence electrons. The molecule has 0 amide bonds. The maximum absolute atomic E-state index is 14.4. The van der Waals surface area contributed by atoms with Gasteiger partial charge in [0.2, 0.25) is 0 Å². The Bertz CT molecular complexity index is 747. The van der Waals surface area contributed by atoms with Crippen LogP contribution in [0, 0.1) is 0 Å². The minimum atomic E-state index is -6.93. The van der Waals surface area contributed by atoms with Gasteiger partial charge in [-0.25, -0.2) is 0 Å². The summed E-state index contributed by atoms with van der Waals surface area (Å²) < 4.78 is 132. The average molecular weight is 464 g/mol. The van der Waals surface area contributed by atoms with E-state index in [0.29, 0.717) is 5.56 Å². The van der Waals surface area contributed by atoms with E-state index in [1.54, 1.807) is 33.8 Å². The lowest BCUT2D eigenvalue weighted by atomic mass is 9.65. The molecule has 31 heavy (non-hydrogen) atoms. The van der Waals surface area contributed by atoms with Crippen molar-refractivity contribution in [1.82, 2.24) is 0 Å². The van der Waals surface area contributed by atoms with E-state index in [9.17, 15) is 39.5 Å². The Labute approximate surface area is 174 Å². The summed E-state index contributed by atoms with van der Waals surface area (Å²) in [6.45, 7) is 6.21. The third kappa shape index (κ3) is 4.69. The molecule has 2 nitrogen and oxygen atoms in total. The van der Waals surface area contributed by atoms with Crippen LogP contribution in [0.5, 0.6) is 0 Å². The summed E-state index contributed by atoms with van der Waals surface area (Å²) in [7, 11) is -1.54. The van der Waals surface area contributed by atoms with Crippen molar-refractivity contribution < 1.29 is 48.8 Å². The topological polar surface area (TPSA) is 18.5 Å². The normalized spacial score (nSPS) is 20.7. The highest BCUT2D eigenvalue weighted by Crippen LogP contribution is 2.56. The van der Waals surface area contributed by atoms with Gasteiger partial charge in [-0.15, -0.1) is 0 Å². The lowest BCUT2D eigenvalue weighted by molar-refractivity contribution is -0.396. The van der Waals surface area contributed by atoms with Crippen molar-refractivity contribution in [2.24, 2.45) is 0 Å². The molecule has 1 fully saturated rings. The first-order valence-corrected chi connectivity index (χ1v) is 9.35. The molecule has 1 unspecified atom stereocenters. The van der Waals surface area contributed by atoms with Crippen molar-refractivity contribution >= 4 is 7.12 Å². The molecule has 1 heterocycles. The van der Waals surface area contributed by atoms with E-state index in [2.05, 4.69) is 0 Å². The molecule has 1 aliphatic rings. The quantitative estimate of drug-likeness (QED) is 0.337. The Morgan fingerprint density at radius 1 is 0.774 bits per heavy atom. The van der Waals surface area contributed by atoms with Gasteiger partial charge in [0, 0.05) is 12.2 Å². The maximum Gasteiger partial charge on any atom is 0.461 e. The molecule has 0 bridgehead atoms. The van der Waals surface area contributed by atoms with Gasteiger partial charge in [-0.2, -0.15) is 39.5 Å². The van der Waals surface area contributed by atoms with Crippen molar-refractivity contribution in [3.05, 3.63) is 35.9 Å². The smallest absolute Gasteiger partial charge is 0.403 e. The zero-order valence-electron chi connectivity index (χ0n) is 17.2. The van der Waals surface area contributed by atoms with Crippen LogP contribution in [0.2, 0.25) is 5.82 Å². The van der Waals surface area contributed by atoms with Crippen LogP contribution in [0.25, 0.3) is 0 Å². The first kappa shape index (κ1) is 25.8. The molecule has 0 saturated carbocycles. The van der Waals surface area contributed by atoms with Gasteiger partial charge in [-0.05, 0) is 39.7 Å². The number of hydrogen-bond donors (Lipinski definition) is 0. The molecule has 1 saturated heterocycles. The van der Waals surface area contributed by atoms with Gasteiger partial charge in [0.25, 0.3) is 0 Å². The molecule has 0 radical (unpaired) electrons. The van der Waals surface area contributed by atoms with Crippen LogP contribution < -0.4 is 0 Å². The lowest BCUT2D eigenvalue weighted by Crippen LogP contribution is -2.61. The number of benzene rings is 1. The van der Waals surface area contributed by atoms with Crippen LogP contribution in [0.4, 0.5) is 39.5 Å². The molecule has 12 heteroatoms. The monoisotopic (exact) mass is 464 g/mol. The third-order valence-corrected chi connectivity index (χ3v) is 5.73. The maximum atomic E-state index is 14.4. The van der Waals surface area contributed by atoms with Crippen molar-refractivity contribution in [1.29, 1.82) is 0 Å². The predicted molar refractivity (Wildman–Crippen MR) is 95.5 cm³/mol. The summed E-state index contributed by atoms with van der Waals surface area (Å²) >= 11 is 0. The first-order chi connectivity index (χ1) is 13.8. The standard InChI is InChI=1S/C19H22BF9O2/c1-14(2)15(3,4)31-20(30-14)13(10-12-8-6-5-7-9-12)11-16(21,22)17(23,24)18(25,26)19(27,28)29/h5-9,13H,10-11H2,1-4H3. The van der Waals surface area contributed by atoms with Gasteiger partial charge >= 0.3 is 31.1 Å². The van der Waals surface area contributed by atoms with E-state index < -0.39 is 54.5 Å². The Kier molecular flexibility index (Phi) is 6.55. The predicted octanol–water partition coefficient (Wildman–Crippen LogP) is 6.55. The molecule has 2 rings (SSSR count). The molecule has 0 spiro atoms. The van der Waals surface area contributed by atoms with Crippen LogP contribution >= 0.6 is 0 Å². The SMILES string of the molecule is CC1(C)OB(C(Cc2ccccc2)CC(F)(F)C(F)(F)C(F)(F)C(F)(F)F)OC1(C)C. The summed E-state index contributed by atoms with van der Waals surface area (Å²) in [6.07, 6.45) is -9.25. The molecule has 1 aliphatic heterocycles. The van der Waals surface area contributed by atoms with Gasteiger partial charge in [-0.1, -0.05) is 30.3 Å². The molecule has 0 aromatic heterocycles. The van der Waals surface area contributed by atoms with Gasteiger partial charge in [0.1, 0.15) is 0 Å². The highest BCUT2D eigenvalue weighted by molar-refractivity contribution is 6.47. The third-order valence-electron chi connectivity index (χ3n) is 5.73. The van der Waals surface area contributed by atoms with E-state index >= 15 is 0 Å². The van der Waals surface area contributed by atoms with Crippen molar-refractivity contribution in [2.75, 3.05) is 0 Å². The van der Waals surface area contributed by atoms with E-state index in [0.717, 1.165) is 0 Å². The lowest BCUT2D eigenvalue weighted by Gasteiger charge is -2.35. The number of alkyl halides is 9. The van der Waals surface area contributed by atoms with Crippen molar-refractivity contribution in [2.45, 2.75) is 81.5 Å². The van der Waals surface area contributed by atoms with Crippen LogP contribution in [0.1, 0.15) is 39.7 Å². The zero-order valence-corrected chi connectivity index (χ0v) is 17.2. The summed E-state index contributed by atoms with van der Waals surface area (Å²) in [6, 6.07) is 7.60. The fraction of sp³-hybridized carbons (Fsp3) is 0.684. The first-order valence-electron chi connectivity index (χ1n) is 9.35. The fourth-order valence-corrected chi connectivity index (χ4v) is 3.13. The van der Waals surface area contributed by atoms with Crippen LogP contribution in [0.3, 0.4) is 0 Å². The van der Waals surface area contributed by atoms with Crippen LogP contribution in [0.15, 0.2) is 30.3 Å². The number of rotatable bonds is 7. The van der Waals surface area contributed by atoms with Crippen molar-refractivity contribution in [3.63, 3.8) is 0 Å². The summed E-state index contributed by atoms with van der Waals surface area (Å²) in [5.74, 6) is -21.0. The molecular formula is C19H22BF9O2. The molecule has 0 N–H and O–H groups in total. The van der Waals surface area contributed by atoms with Gasteiger partial charge < -0.3 is 9.31 Å². The molecule has 1 aromatic carbocycles. The molecule has 1 atom stereocenters. The summed E-state index contributed by atoms with van der Waals surface area (Å²) in [5, 5.41) is 0. The van der Waals surface area contributed by atoms with E-state index in [1.807, 2.05) is 0 Å². The molecule has 0 aliphatic carbocycles. The van der Waals surface area contributed by atoms with Crippen molar-refractivity contribution in [3.8, 4) is 0 Å². The molecular weight excluding hydrogens is 442 g/mol. The number of halogens is 9. The highest BCUT2D eigenvalue weighted by atomic mass is 19.4. The minimum Gasteiger partial charge on any atom is -0.403 e. The Balaban J connectivity index is 2.41. The van der Waals surface area contributed by atoms with Gasteiger partial charge in [0.05, 0.1) is 11.2 Å².